The summed E-state index contributed by atoms with van der Waals surface area (Å²) in [4.78, 5) is 0. The van der Waals surface area contributed by atoms with Gasteiger partial charge in [0.15, 0.2) is 0 Å². The van der Waals surface area contributed by atoms with Crippen molar-refractivity contribution in [2.24, 2.45) is 0 Å². The summed E-state index contributed by atoms with van der Waals surface area (Å²) >= 11 is 9.40. The first kappa shape index (κ1) is 13.7. The van der Waals surface area contributed by atoms with E-state index in [2.05, 4.69) is 15.9 Å². The number of hydrogen-bond acceptors (Lipinski definition) is 2. The lowest BCUT2D eigenvalue weighted by Gasteiger charge is -2.09. The van der Waals surface area contributed by atoms with Gasteiger partial charge in [0.05, 0.1) is 5.02 Å². The van der Waals surface area contributed by atoms with Crippen molar-refractivity contribution < 1.29 is 9.52 Å². The molecule has 3 aromatic rings. The molecule has 3 rings (SSSR count). The summed E-state index contributed by atoms with van der Waals surface area (Å²) in [6.07, 6.45) is -0.826. The van der Waals surface area contributed by atoms with Crippen molar-refractivity contribution in [3.05, 3.63) is 68.8 Å². The third-order valence-electron chi connectivity index (χ3n) is 3.29. The molecule has 2 aromatic carbocycles. The Morgan fingerprint density at radius 2 is 2.00 bits per heavy atom. The van der Waals surface area contributed by atoms with Gasteiger partial charge in [0.1, 0.15) is 17.4 Å². The predicted molar refractivity (Wildman–Crippen MR) is 84.2 cm³/mol. The zero-order chi connectivity index (χ0) is 14.3. The predicted octanol–water partition coefficient (Wildman–Crippen LogP) is 5.24. The zero-order valence-electron chi connectivity index (χ0n) is 10.7. The van der Waals surface area contributed by atoms with Gasteiger partial charge in [-0.25, -0.2) is 0 Å². The van der Waals surface area contributed by atoms with E-state index in [9.17, 15) is 5.11 Å². The fourth-order valence-electron chi connectivity index (χ4n) is 2.21. The molecule has 1 atom stereocenters. The third kappa shape index (κ3) is 2.37. The smallest absolute Gasteiger partial charge is 0.138 e. The quantitative estimate of drug-likeness (QED) is 0.685. The Morgan fingerprint density at radius 3 is 2.70 bits per heavy atom. The average molecular weight is 352 g/mol. The van der Waals surface area contributed by atoms with Crippen LogP contribution < -0.4 is 0 Å². The van der Waals surface area contributed by atoms with Crippen molar-refractivity contribution in [1.29, 1.82) is 0 Å². The number of benzene rings is 2. The number of aliphatic hydroxyl groups excluding tert-OH is 1. The molecule has 0 saturated heterocycles. The van der Waals surface area contributed by atoms with E-state index in [0.29, 0.717) is 16.3 Å². The van der Waals surface area contributed by atoms with E-state index in [1.54, 1.807) is 6.07 Å². The fourth-order valence-corrected chi connectivity index (χ4v) is 2.65. The summed E-state index contributed by atoms with van der Waals surface area (Å²) in [5, 5.41) is 12.0. The SMILES string of the molecule is Cc1cccc2cc(C(O)c3ccc(Br)c(Cl)c3)oc12. The first-order valence-corrected chi connectivity index (χ1v) is 7.35. The highest BCUT2D eigenvalue weighted by atomic mass is 79.9. The van der Waals surface area contributed by atoms with Crippen molar-refractivity contribution in [3.8, 4) is 0 Å². The first-order valence-electron chi connectivity index (χ1n) is 6.18. The Hall–Kier alpha value is -1.29. The fraction of sp³-hybridized carbons (Fsp3) is 0.125. The number of hydrogen-bond donors (Lipinski definition) is 1. The lowest BCUT2D eigenvalue weighted by molar-refractivity contribution is 0.192. The van der Waals surface area contributed by atoms with Gasteiger partial charge in [0.2, 0.25) is 0 Å². The maximum Gasteiger partial charge on any atom is 0.138 e. The molecule has 0 spiro atoms. The third-order valence-corrected chi connectivity index (χ3v) is 4.52. The van der Waals surface area contributed by atoms with E-state index in [0.717, 1.165) is 21.0 Å². The van der Waals surface area contributed by atoms with Crippen molar-refractivity contribution in [1.82, 2.24) is 0 Å². The number of halogens is 2. The van der Waals surface area contributed by atoms with Crippen LogP contribution in [-0.2, 0) is 0 Å². The monoisotopic (exact) mass is 350 g/mol. The van der Waals surface area contributed by atoms with E-state index >= 15 is 0 Å². The molecule has 102 valence electrons. The van der Waals surface area contributed by atoms with Gasteiger partial charge in [-0.2, -0.15) is 0 Å². The minimum Gasteiger partial charge on any atom is -0.458 e. The van der Waals surface area contributed by atoms with Crippen LogP contribution >= 0.6 is 27.5 Å². The highest BCUT2D eigenvalue weighted by Crippen LogP contribution is 2.32. The van der Waals surface area contributed by atoms with Gasteiger partial charge in [0.25, 0.3) is 0 Å². The highest BCUT2D eigenvalue weighted by molar-refractivity contribution is 9.10. The number of aryl methyl sites for hydroxylation is 1. The van der Waals surface area contributed by atoms with E-state index in [-0.39, 0.29) is 0 Å². The molecule has 0 fully saturated rings. The summed E-state index contributed by atoms with van der Waals surface area (Å²) in [6, 6.07) is 13.2. The summed E-state index contributed by atoms with van der Waals surface area (Å²) < 4.78 is 6.58. The highest BCUT2D eigenvalue weighted by Gasteiger charge is 2.17. The lowest BCUT2D eigenvalue weighted by atomic mass is 10.1. The molecular weight excluding hydrogens is 340 g/mol. The molecule has 2 nitrogen and oxygen atoms in total. The maximum absolute atomic E-state index is 10.4. The van der Waals surface area contributed by atoms with E-state index in [4.69, 9.17) is 16.0 Å². The summed E-state index contributed by atoms with van der Waals surface area (Å²) in [7, 11) is 0. The Kier molecular flexibility index (Phi) is 3.59. The summed E-state index contributed by atoms with van der Waals surface area (Å²) in [5.74, 6) is 0.521. The van der Waals surface area contributed by atoms with Gasteiger partial charge in [-0.3, -0.25) is 0 Å². The van der Waals surface area contributed by atoms with E-state index in [1.807, 2.05) is 43.3 Å². The molecule has 0 amide bonds. The van der Waals surface area contributed by atoms with Crippen molar-refractivity contribution in [3.63, 3.8) is 0 Å². The van der Waals surface area contributed by atoms with Crippen LogP contribution in [0.4, 0.5) is 0 Å². The van der Waals surface area contributed by atoms with Crippen LogP contribution in [-0.4, -0.2) is 5.11 Å². The first-order chi connectivity index (χ1) is 9.56. The summed E-state index contributed by atoms with van der Waals surface area (Å²) in [6.45, 7) is 1.98. The molecule has 0 saturated carbocycles. The zero-order valence-corrected chi connectivity index (χ0v) is 13.1. The molecule has 0 aliphatic heterocycles. The largest absolute Gasteiger partial charge is 0.458 e. The molecule has 1 aromatic heterocycles. The van der Waals surface area contributed by atoms with Gasteiger partial charge >= 0.3 is 0 Å². The van der Waals surface area contributed by atoms with Crippen LogP contribution in [0, 0.1) is 6.92 Å². The molecule has 1 N–H and O–H groups in total. The van der Waals surface area contributed by atoms with Gasteiger partial charge < -0.3 is 9.52 Å². The molecule has 0 aliphatic rings. The molecule has 1 heterocycles. The Balaban J connectivity index is 2.05. The molecule has 20 heavy (non-hydrogen) atoms. The molecular formula is C16H12BrClO2. The van der Waals surface area contributed by atoms with Crippen molar-refractivity contribution in [2.45, 2.75) is 13.0 Å². The molecule has 1 unspecified atom stereocenters. The van der Waals surface area contributed by atoms with Crippen LogP contribution in [0.1, 0.15) is 23.0 Å². The van der Waals surface area contributed by atoms with Gasteiger partial charge in [-0.15, -0.1) is 0 Å². The minimum absolute atomic E-state index is 0.521. The lowest BCUT2D eigenvalue weighted by Crippen LogP contribution is -1.97. The number of aliphatic hydroxyl groups is 1. The second-order valence-electron chi connectivity index (χ2n) is 4.72. The van der Waals surface area contributed by atoms with E-state index in [1.165, 1.54) is 0 Å². The van der Waals surface area contributed by atoms with Gasteiger partial charge in [-0.05, 0) is 52.2 Å². The average Bonchev–Trinajstić information content (AvgIpc) is 2.86. The standard InChI is InChI=1S/C16H12BrClO2/c1-9-3-2-4-11-8-14(20-16(9)11)15(19)10-5-6-12(17)13(18)7-10/h2-8,15,19H,1H3. The van der Waals surface area contributed by atoms with Crippen molar-refractivity contribution in [2.75, 3.05) is 0 Å². The van der Waals surface area contributed by atoms with Gasteiger partial charge in [-0.1, -0.05) is 35.9 Å². The van der Waals surface area contributed by atoms with Crippen LogP contribution in [0.2, 0.25) is 5.02 Å². The Morgan fingerprint density at radius 1 is 1.20 bits per heavy atom. The van der Waals surface area contributed by atoms with Crippen LogP contribution in [0.25, 0.3) is 11.0 Å². The van der Waals surface area contributed by atoms with Crippen molar-refractivity contribution >= 4 is 38.5 Å². The van der Waals surface area contributed by atoms with E-state index < -0.39 is 6.10 Å². The summed E-state index contributed by atoms with van der Waals surface area (Å²) in [5.41, 5.74) is 2.56. The van der Waals surface area contributed by atoms with Gasteiger partial charge in [0, 0.05) is 9.86 Å². The topological polar surface area (TPSA) is 33.4 Å². The number of furan rings is 1. The van der Waals surface area contributed by atoms with Crippen LogP contribution in [0.5, 0.6) is 0 Å². The number of fused-ring (bicyclic) bond motifs is 1. The Labute approximate surface area is 130 Å². The second-order valence-corrected chi connectivity index (χ2v) is 5.98. The van der Waals surface area contributed by atoms with Crippen LogP contribution in [0.15, 0.2) is 51.4 Å². The van der Waals surface area contributed by atoms with Crippen LogP contribution in [0.3, 0.4) is 0 Å². The Bertz CT molecular complexity index is 779. The maximum atomic E-state index is 10.4. The minimum atomic E-state index is -0.826. The number of para-hydroxylation sites is 1. The molecule has 0 radical (unpaired) electrons. The molecule has 4 heteroatoms. The number of rotatable bonds is 2. The second kappa shape index (κ2) is 5.24. The molecule has 0 bridgehead atoms. The normalized spacial score (nSPS) is 12.8. The molecule has 0 aliphatic carbocycles.